The first-order chi connectivity index (χ1) is 7.33. The molecule has 2 atom stereocenters. The lowest BCUT2D eigenvalue weighted by Gasteiger charge is -2.38. The maximum atomic E-state index is 11.9. The van der Waals surface area contributed by atoms with Crippen molar-refractivity contribution in [3.63, 3.8) is 0 Å². The van der Waals surface area contributed by atoms with E-state index in [0.717, 1.165) is 12.8 Å². The third kappa shape index (κ3) is 3.67. The van der Waals surface area contributed by atoms with Gasteiger partial charge in [0.2, 0.25) is 0 Å². The zero-order valence-corrected chi connectivity index (χ0v) is 10.7. The zero-order valence-electron chi connectivity index (χ0n) is 10.7. The van der Waals surface area contributed by atoms with E-state index in [9.17, 15) is 4.79 Å². The van der Waals surface area contributed by atoms with E-state index in [0.29, 0.717) is 6.54 Å². The highest BCUT2D eigenvalue weighted by Gasteiger charge is 2.31. The number of hydrogen-bond acceptors (Lipinski definition) is 3. The van der Waals surface area contributed by atoms with Crippen LogP contribution in [0.2, 0.25) is 0 Å². The van der Waals surface area contributed by atoms with Crippen LogP contribution in [0.5, 0.6) is 0 Å². The molecule has 0 saturated carbocycles. The summed E-state index contributed by atoms with van der Waals surface area (Å²) in [6, 6.07) is 0.206. The molecule has 0 radical (unpaired) electrons. The topological polar surface area (TPSA) is 49.8 Å². The molecule has 0 spiro atoms. The van der Waals surface area contributed by atoms with E-state index < -0.39 is 5.60 Å². The van der Waals surface area contributed by atoms with Gasteiger partial charge in [0, 0.05) is 19.2 Å². The molecule has 1 fully saturated rings. The van der Waals surface area contributed by atoms with Crippen molar-refractivity contribution in [2.45, 2.75) is 52.2 Å². The molecule has 1 saturated heterocycles. The second-order valence-electron chi connectivity index (χ2n) is 5.61. The molecule has 4 heteroatoms. The van der Waals surface area contributed by atoms with Crippen LogP contribution in [0.25, 0.3) is 0 Å². The summed E-state index contributed by atoms with van der Waals surface area (Å²) in [5.41, 5.74) is -0.455. The van der Waals surface area contributed by atoms with Gasteiger partial charge >= 0.3 is 6.09 Å². The Morgan fingerprint density at radius 3 is 2.56 bits per heavy atom. The summed E-state index contributed by atoms with van der Waals surface area (Å²) in [5, 5.41) is 9.13. The third-order valence-corrected chi connectivity index (χ3v) is 2.87. The monoisotopic (exact) mass is 229 g/mol. The molecule has 1 N–H and O–H groups in total. The summed E-state index contributed by atoms with van der Waals surface area (Å²) in [4.78, 5) is 13.6. The average Bonchev–Trinajstić information content (AvgIpc) is 2.15. The molecular weight excluding hydrogens is 206 g/mol. The fourth-order valence-electron chi connectivity index (χ4n) is 1.91. The van der Waals surface area contributed by atoms with Crippen molar-refractivity contribution in [3.8, 4) is 0 Å². The van der Waals surface area contributed by atoms with Crippen molar-refractivity contribution < 1.29 is 14.6 Å². The van der Waals surface area contributed by atoms with Gasteiger partial charge in [-0.3, -0.25) is 0 Å². The fraction of sp³-hybridized carbons (Fsp3) is 0.917. The van der Waals surface area contributed by atoms with E-state index in [1.165, 1.54) is 0 Å². The molecule has 1 amide bonds. The molecule has 0 aliphatic carbocycles. The minimum Gasteiger partial charge on any atom is -0.444 e. The quantitative estimate of drug-likeness (QED) is 0.748. The van der Waals surface area contributed by atoms with E-state index in [1.54, 1.807) is 4.90 Å². The van der Waals surface area contributed by atoms with Gasteiger partial charge in [-0.2, -0.15) is 0 Å². The molecule has 0 unspecified atom stereocenters. The fourth-order valence-corrected chi connectivity index (χ4v) is 1.91. The summed E-state index contributed by atoms with van der Waals surface area (Å²) in [6.07, 6.45) is 1.65. The summed E-state index contributed by atoms with van der Waals surface area (Å²) < 4.78 is 5.35. The first-order valence-corrected chi connectivity index (χ1v) is 5.94. The van der Waals surface area contributed by atoms with Gasteiger partial charge in [-0.05, 0) is 46.5 Å². The van der Waals surface area contributed by atoms with Crippen LogP contribution in [0.15, 0.2) is 0 Å². The maximum Gasteiger partial charge on any atom is 0.410 e. The minimum atomic E-state index is -0.455. The summed E-state index contributed by atoms with van der Waals surface area (Å²) >= 11 is 0. The molecule has 0 bridgehead atoms. The molecule has 1 aliphatic heterocycles. The van der Waals surface area contributed by atoms with Gasteiger partial charge in [0.25, 0.3) is 0 Å². The van der Waals surface area contributed by atoms with Crippen molar-refractivity contribution in [3.05, 3.63) is 0 Å². The number of carbonyl (C=O) groups is 1. The molecule has 1 rings (SSSR count). The zero-order chi connectivity index (χ0) is 12.3. The number of carbonyl (C=O) groups excluding carboxylic acids is 1. The van der Waals surface area contributed by atoms with Gasteiger partial charge in [0.1, 0.15) is 5.60 Å². The number of nitrogens with zero attached hydrogens (tertiary/aromatic N) is 1. The van der Waals surface area contributed by atoms with Crippen molar-refractivity contribution in [1.82, 2.24) is 4.90 Å². The molecule has 16 heavy (non-hydrogen) atoms. The lowest BCUT2D eigenvalue weighted by atomic mass is 9.94. The van der Waals surface area contributed by atoms with Crippen molar-refractivity contribution in [2.24, 2.45) is 5.92 Å². The highest BCUT2D eigenvalue weighted by atomic mass is 16.6. The van der Waals surface area contributed by atoms with Gasteiger partial charge in [0.15, 0.2) is 0 Å². The predicted octanol–water partition coefficient (Wildman–Crippen LogP) is 2.01. The normalized spacial score (nSPS) is 26.7. The standard InChI is InChI=1S/C12H23NO3/c1-9-5-6-10(8-14)7-13(9)11(15)16-12(2,3)4/h9-10,14H,5-8H2,1-4H3/t9-,10-/m0/s1. The number of aliphatic hydroxyl groups is 1. The first-order valence-electron chi connectivity index (χ1n) is 5.94. The second-order valence-corrected chi connectivity index (χ2v) is 5.61. The van der Waals surface area contributed by atoms with Crippen LogP contribution in [0.3, 0.4) is 0 Å². The highest BCUT2D eigenvalue weighted by molar-refractivity contribution is 5.68. The molecule has 1 aliphatic rings. The molecular formula is C12H23NO3. The Labute approximate surface area is 97.6 Å². The van der Waals surface area contributed by atoms with Crippen LogP contribution < -0.4 is 0 Å². The van der Waals surface area contributed by atoms with Gasteiger partial charge < -0.3 is 14.7 Å². The van der Waals surface area contributed by atoms with E-state index in [2.05, 4.69) is 0 Å². The maximum absolute atomic E-state index is 11.9. The Morgan fingerprint density at radius 1 is 1.44 bits per heavy atom. The van der Waals surface area contributed by atoms with E-state index >= 15 is 0 Å². The Kier molecular flexibility index (Phi) is 4.19. The van der Waals surface area contributed by atoms with Crippen LogP contribution in [0.1, 0.15) is 40.5 Å². The molecule has 1 heterocycles. The van der Waals surface area contributed by atoms with Gasteiger partial charge in [-0.15, -0.1) is 0 Å². The first kappa shape index (κ1) is 13.3. The summed E-state index contributed by atoms with van der Waals surface area (Å²) in [6.45, 7) is 8.37. The van der Waals surface area contributed by atoms with E-state index in [4.69, 9.17) is 9.84 Å². The van der Waals surface area contributed by atoms with E-state index in [1.807, 2.05) is 27.7 Å². The number of aliphatic hydroxyl groups excluding tert-OH is 1. The summed E-state index contributed by atoms with van der Waals surface area (Å²) in [5.74, 6) is 0.198. The third-order valence-electron chi connectivity index (χ3n) is 2.87. The Balaban J connectivity index is 2.59. The largest absolute Gasteiger partial charge is 0.444 e. The Hall–Kier alpha value is -0.770. The smallest absolute Gasteiger partial charge is 0.410 e. The van der Waals surface area contributed by atoms with Crippen molar-refractivity contribution in [2.75, 3.05) is 13.2 Å². The van der Waals surface area contributed by atoms with Crippen LogP contribution in [0.4, 0.5) is 4.79 Å². The van der Waals surface area contributed by atoms with Crippen LogP contribution in [-0.4, -0.2) is 40.9 Å². The molecule has 0 aromatic carbocycles. The SMILES string of the molecule is C[C@H]1CC[C@H](CO)CN1C(=O)OC(C)(C)C. The van der Waals surface area contributed by atoms with Gasteiger partial charge in [0.05, 0.1) is 0 Å². The van der Waals surface area contributed by atoms with Gasteiger partial charge in [-0.1, -0.05) is 0 Å². The second kappa shape index (κ2) is 5.04. The minimum absolute atomic E-state index is 0.145. The molecule has 4 nitrogen and oxygen atoms in total. The number of amides is 1. The number of ether oxygens (including phenoxy) is 1. The van der Waals surface area contributed by atoms with Gasteiger partial charge in [-0.25, -0.2) is 4.79 Å². The lowest BCUT2D eigenvalue weighted by Crippen LogP contribution is -2.48. The highest BCUT2D eigenvalue weighted by Crippen LogP contribution is 2.23. The lowest BCUT2D eigenvalue weighted by molar-refractivity contribution is 0.00115. The Morgan fingerprint density at radius 2 is 2.06 bits per heavy atom. The van der Waals surface area contributed by atoms with Crippen molar-refractivity contribution >= 4 is 6.09 Å². The molecule has 94 valence electrons. The summed E-state index contributed by atoms with van der Waals surface area (Å²) in [7, 11) is 0. The van der Waals surface area contributed by atoms with E-state index in [-0.39, 0.29) is 24.7 Å². The number of rotatable bonds is 1. The van der Waals surface area contributed by atoms with Crippen LogP contribution >= 0.6 is 0 Å². The molecule has 0 aromatic rings. The predicted molar refractivity (Wildman–Crippen MR) is 62.2 cm³/mol. The number of hydrogen-bond donors (Lipinski definition) is 1. The van der Waals surface area contributed by atoms with Crippen LogP contribution in [-0.2, 0) is 4.74 Å². The Bertz CT molecular complexity index is 247. The average molecular weight is 229 g/mol. The van der Waals surface area contributed by atoms with Crippen LogP contribution in [0, 0.1) is 5.92 Å². The molecule has 0 aromatic heterocycles. The number of likely N-dealkylation sites (tertiary alicyclic amines) is 1. The van der Waals surface area contributed by atoms with Crippen molar-refractivity contribution in [1.29, 1.82) is 0 Å². The number of piperidine rings is 1.